The topological polar surface area (TPSA) is 79.0 Å². The van der Waals surface area contributed by atoms with Crippen molar-refractivity contribution in [2.24, 2.45) is 17.8 Å². The first-order chi connectivity index (χ1) is 14.8. The molecule has 7 nitrogen and oxygen atoms in total. The zero-order valence-electron chi connectivity index (χ0n) is 22.0. The van der Waals surface area contributed by atoms with Crippen LogP contribution in [0, 0.1) is 17.8 Å². The number of nitrogens with one attached hydrogen (secondary N) is 1. The molecule has 1 aliphatic rings. The van der Waals surface area contributed by atoms with E-state index in [9.17, 15) is 14.4 Å². The zero-order valence-corrected chi connectivity index (χ0v) is 22.0. The van der Waals surface area contributed by atoms with Crippen molar-refractivity contribution >= 4 is 17.8 Å². The summed E-state index contributed by atoms with van der Waals surface area (Å²) in [6, 6.07) is -0.455. The van der Waals surface area contributed by atoms with Crippen LogP contribution in [0.3, 0.4) is 0 Å². The summed E-state index contributed by atoms with van der Waals surface area (Å²) in [5, 5.41) is 2.80. The Morgan fingerprint density at radius 2 is 1.75 bits per heavy atom. The summed E-state index contributed by atoms with van der Waals surface area (Å²) >= 11 is 0. The standard InChI is InChI=1S/C21H37N3O4.C4H10/c1-8-28-21(27)16(5)12-17(14(2)3)24(7)18(25)13-22-20(26)19-15(4)10-9-11-23(19)6;1-4(2)3/h12,14-15,17,19H,8-11,13H2,1-7H3,(H,22,26);4H,1-3H3/b16-12+;. The summed E-state index contributed by atoms with van der Waals surface area (Å²) in [6.45, 7) is 17.1. The van der Waals surface area contributed by atoms with Crippen LogP contribution in [-0.4, -0.2) is 73.5 Å². The Kier molecular flexibility index (Phi) is 14.1. The third-order valence-corrected chi connectivity index (χ3v) is 5.41. The molecule has 1 fully saturated rings. The summed E-state index contributed by atoms with van der Waals surface area (Å²) < 4.78 is 5.02. The maximum absolute atomic E-state index is 12.7. The Hall–Kier alpha value is -1.89. The van der Waals surface area contributed by atoms with Crippen LogP contribution in [0.1, 0.15) is 68.2 Å². The van der Waals surface area contributed by atoms with Gasteiger partial charge in [0.2, 0.25) is 11.8 Å². The Morgan fingerprint density at radius 1 is 1.19 bits per heavy atom. The number of carbonyl (C=O) groups excluding carboxylic acids is 3. The summed E-state index contributed by atoms with van der Waals surface area (Å²) in [6.07, 6.45) is 3.87. The van der Waals surface area contributed by atoms with Crippen LogP contribution in [0.4, 0.5) is 0 Å². The second-order valence-electron chi connectivity index (χ2n) is 9.80. The molecule has 1 saturated heterocycles. The van der Waals surface area contributed by atoms with E-state index in [0.29, 0.717) is 12.2 Å². The van der Waals surface area contributed by atoms with Crippen LogP contribution in [-0.2, 0) is 19.1 Å². The molecule has 32 heavy (non-hydrogen) atoms. The van der Waals surface area contributed by atoms with E-state index in [2.05, 4.69) is 37.9 Å². The van der Waals surface area contributed by atoms with Crippen LogP contribution in [0.5, 0.6) is 0 Å². The molecule has 7 heteroatoms. The Balaban J connectivity index is 0.00000220. The van der Waals surface area contributed by atoms with Crippen molar-refractivity contribution < 1.29 is 19.1 Å². The van der Waals surface area contributed by atoms with E-state index < -0.39 is 0 Å². The number of likely N-dealkylation sites (N-methyl/N-ethyl adjacent to an activating group) is 2. The van der Waals surface area contributed by atoms with Gasteiger partial charge in [-0.25, -0.2) is 4.79 Å². The maximum Gasteiger partial charge on any atom is 0.333 e. The van der Waals surface area contributed by atoms with Gasteiger partial charge in [0, 0.05) is 12.6 Å². The SMILES string of the molecule is CC(C)C.CCOC(=O)/C(C)=C/C(C(C)C)N(C)C(=O)CNC(=O)C1C(C)CCCN1C. The summed E-state index contributed by atoms with van der Waals surface area (Å²) in [5.41, 5.74) is 0.474. The minimum Gasteiger partial charge on any atom is -0.463 e. The average Bonchev–Trinajstić information content (AvgIpc) is 2.68. The van der Waals surface area contributed by atoms with E-state index in [4.69, 9.17) is 4.74 Å². The number of nitrogens with zero attached hydrogens (tertiary/aromatic N) is 2. The molecule has 1 heterocycles. The molecule has 0 aromatic heterocycles. The first-order valence-electron chi connectivity index (χ1n) is 11.9. The second-order valence-corrected chi connectivity index (χ2v) is 9.80. The van der Waals surface area contributed by atoms with Gasteiger partial charge in [-0.05, 0) is 58.0 Å². The quantitative estimate of drug-likeness (QED) is 0.450. The second kappa shape index (κ2) is 15.0. The summed E-state index contributed by atoms with van der Waals surface area (Å²) in [4.78, 5) is 40.8. The van der Waals surface area contributed by atoms with Crippen LogP contribution in [0.15, 0.2) is 11.6 Å². The number of esters is 1. The predicted molar refractivity (Wildman–Crippen MR) is 130 cm³/mol. The fourth-order valence-electron chi connectivity index (χ4n) is 3.73. The van der Waals surface area contributed by atoms with Gasteiger partial charge in [0.1, 0.15) is 0 Å². The fraction of sp³-hybridized carbons (Fsp3) is 0.800. The van der Waals surface area contributed by atoms with Crippen LogP contribution in [0.2, 0.25) is 0 Å². The van der Waals surface area contributed by atoms with E-state index in [-0.39, 0.29) is 48.2 Å². The lowest BCUT2D eigenvalue weighted by Gasteiger charge is -2.36. The number of hydrogen-bond acceptors (Lipinski definition) is 5. The van der Waals surface area contributed by atoms with Gasteiger partial charge < -0.3 is 15.0 Å². The molecule has 3 unspecified atom stereocenters. The molecule has 0 aromatic carbocycles. The first-order valence-corrected chi connectivity index (χ1v) is 11.9. The summed E-state index contributed by atoms with van der Waals surface area (Å²) in [7, 11) is 3.65. The molecule has 1 aliphatic heterocycles. The van der Waals surface area contributed by atoms with Crippen molar-refractivity contribution in [3.8, 4) is 0 Å². The van der Waals surface area contributed by atoms with Crippen LogP contribution in [0.25, 0.3) is 0 Å². The van der Waals surface area contributed by atoms with E-state index in [1.807, 2.05) is 20.9 Å². The maximum atomic E-state index is 12.7. The lowest BCUT2D eigenvalue weighted by molar-refractivity contribution is -0.138. The molecule has 0 radical (unpaired) electrons. The van der Waals surface area contributed by atoms with E-state index in [1.165, 1.54) is 0 Å². The minimum atomic E-state index is -0.378. The van der Waals surface area contributed by atoms with Crippen molar-refractivity contribution in [3.05, 3.63) is 11.6 Å². The molecule has 0 bridgehead atoms. The number of amides is 2. The van der Waals surface area contributed by atoms with Crippen molar-refractivity contribution in [3.63, 3.8) is 0 Å². The Labute approximate surface area is 195 Å². The number of piperidine rings is 1. The summed E-state index contributed by atoms with van der Waals surface area (Å²) in [5.74, 6) is 0.544. The third kappa shape index (κ3) is 10.6. The highest BCUT2D eigenvalue weighted by atomic mass is 16.5. The number of hydrogen-bond donors (Lipinski definition) is 1. The van der Waals surface area contributed by atoms with E-state index in [0.717, 1.165) is 25.3 Å². The molecular formula is C25H47N3O4. The Morgan fingerprint density at radius 3 is 2.22 bits per heavy atom. The fourth-order valence-corrected chi connectivity index (χ4v) is 3.73. The number of likely N-dealkylation sites (tertiary alicyclic amines) is 1. The lowest BCUT2D eigenvalue weighted by atomic mass is 9.90. The highest BCUT2D eigenvalue weighted by Gasteiger charge is 2.32. The molecule has 1 N–H and O–H groups in total. The molecule has 0 aromatic rings. The normalized spacial score (nSPS) is 20.3. The predicted octanol–water partition coefficient (Wildman–Crippen LogP) is 3.49. The zero-order chi connectivity index (χ0) is 25.0. The number of ether oxygens (including phenoxy) is 1. The van der Waals surface area contributed by atoms with Gasteiger partial charge in [-0.2, -0.15) is 0 Å². The van der Waals surface area contributed by atoms with Gasteiger partial charge in [0.25, 0.3) is 0 Å². The van der Waals surface area contributed by atoms with E-state index in [1.54, 1.807) is 31.9 Å². The van der Waals surface area contributed by atoms with Gasteiger partial charge in [0.15, 0.2) is 0 Å². The van der Waals surface area contributed by atoms with Gasteiger partial charge in [-0.3, -0.25) is 14.5 Å². The molecule has 0 aliphatic carbocycles. The highest BCUT2D eigenvalue weighted by molar-refractivity contribution is 5.89. The monoisotopic (exact) mass is 453 g/mol. The molecule has 1 rings (SSSR count). The third-order valence-electron chi connectivity index (χ3n) is 5.41. The van der Waals surface area contributed by atoms with Gasteiger partial charge in [-0.1, -0.05) is 47.6 Å². The minimum absolute atomic E-state index is 0.0537. The smallest absolute Gasteiger partial charge is 0.333 e. The molecule has 3 atom stereocenters. The molecule has 0 saturated carbocycles. The van der Waals surface area contributed by atoms with Gasteiger partial charge in [0.05, 0.1) is 25.2 Å². The van der Waals surface area contributed by atoms with Crippen molar-refractivity contribution in [1.82, 2.24) is 15.1 Å². The number of carbonyl (C=O) groups is 3. The van der Waals surface area contributed by atoms with Crippen molar-refractivity contribution in [2.75, 3.05) is 33.8 Å². The highest BCUT2D eigenvalue weighted by Crippen LogP contribution is 2.22. The van der Waals surface area contributed by atoms with E-state index >= 15 is 0 Å². The van der Waals surface area contributed by atoms with Gasteiger partial charge in [-0.15, -0.1) is 0 Å². The molecule has 186 valence electrons. The largest absolute Gasteiger partial charge is 0.463 e. The number of rotatable bonds is 8. The molecular weight excluding hydrogens is 406 g/mol. The lowest BCUT2D eigenvalue weighted by Crippen LogP contribution is -2.53. The average molecular weight is 454 g/mol. The van der Waals surface area contributed by atoms with Crippen molar-refractivity contribution in [2.45, 2.75) is 80.3 Å². The first kappa shape index (κ1) is 30.1. The molecule has 2 amide bonds. The van der Waals surface area contributed by atoms with Crippen LogP contribution < -0.4 is 5.32 Å². The van der Waals surface area contributed by atoms with Crippen LogP contribution >= 0.6 is 0 Å². The van der Waals surface area contributed by atoms with Gasteiger partial charge >= 0.3 is 5.97 Å². The Bertz CT molecular complexity index is 618. The molecule has 0 spiro atoms. The van der Waals surface area contributed by atoms with Crippen molar-refractivity contribution in [1.29, 1.82) is 0 Å².